The SMILES string of the molecule is CCS(=O)(=O)NC1Cn2c(cn(-c3noc4cccc(-c5c(F)cccc5F)c34)c2=O)C1(F)F. The number of imidazole rings is 1. The van der Waals surface area contributed by atoms with Crippen LogP contribution in [0.2, 0.25) is 0 Å². The third-order valence-electron chi connectivity index (χ3n) is 5.77. The molecule has 5 rings (SSSR count). The molecule has 0 saturated carbocycles. The van der Waals surface area contributed by atoms with Crippen LogP contribution in [0.5, 0.6) is 0 Å². The minimum atomic E-state index is -3.96. The summed E-state index contributed by atoms with van der Waals surface area (Å²) >= 11 is 0. The van der Waals surface area contributed by atoms with Crippen molar-refractivity contribution in [2.24, 2.45) is 0 Å². The van der Waals surface area contributed by atoms with Crippen molar-refractivity contribution in [1.82, 2.24) is 19.0 Å². The molecule has 178 valence electrons. The Kier molecular flexibility index (Phi) is 4.95. The lowest BCUT2D eigenvalue weighted by atomic mass is 10.0. The number of nitrogens with one attached hydrogen (secondary N) is 1. The van der Waals surface area contributed by atoms with Crippen molar-refractivity contribution in [3.63, 3.8) is 0 Å². The van der Waals surface area contributed by atoms with E-state index in [-0.39, 0.29) is 22.4 Å². The number of benzene rings is 2. The number of nitrogens with zero attached hydrogens (tertiary/aromatic N) is 3. The first kappa shape index (κ1) is 22.3. The molecular formula is C21H16F4N4O4S. The van der Waals surface area contributed by atoms with E-state index in [1.165, 1.54) is 31.2 Å². The van der Waals surface area contributed by atoms with E-state index in [0.717, 1.165) is 27.5 Å². The zero-order valence-electron chi connectivity index (χ0n) is 17.4. The van der Waals surface area contributed by atoms with Crippen LogP contribution in [0.1, 0.15) is 12.6 Å². The lowest BCUT2D eigenvalue weighted by Crippen LogP contribution is -2.45. The molecule has 3 heterocycles. The Hall–Kier alpha value is -3.45. The number of rotatable bonds is 5. The summed E-state index contributed by atoms with van der Waals surface area (Å²) in [5.41, 5.74) is -1.97. The number of halogens is 4. The van der Waals surface area contributed by atoms with E-state index in [1.807, 2.05) is 4.72 Å². The summed E-state index contributed by atoms with van der Waals surface area (Å²) in [6.07, 6.45) is 0.828. The predicted octanol–water partition coefficient (Wildman–Crippen LogP) is 3.14. The highest BCUT2D eigenvalue weighted by Crippen LogP contribution is 2.39. The third kappa shape index (κ3) is 3.26. The fourth-order valence-corrected chi connectivity index (χ4v) is 4.89. The molecule has 0 amide bonds. The first-order valence-corrected chi connectivity index (χ1v) is 11.7. The van der Waals surface area contributed by atoms with Gasteiger partial charge in [-0.05, 0) is 25.1 Å². The molecule has 1 aliphatic rings. The van der Waals surface area contributed by atoms with Crippen molar-refractivity contribution < 1.29 is 30.5 Å². The fraction of sp³-hybridized carbons (Fsp3) is 0.238. The highest BCUT2D eigenvalue weighted by atomic mass is 32.2. The predicted molar refractivity (Wildman–Crippen MR) is 113 cm³/mol. The van der Waals surface area contributed by atoms with Crippen molar-refractivity contribution in [2.75, 3.05) is 5.75 Å². The second-order valence-corrected chi connectivity index (χ2v) is 9.80. The van der Waals surface area contributed by atoms with Gasteiger partial charge in [-0.1, -0.05) is 23.4 Å². The number of hydrogen-bond donors (Lipinski definition) is 1. The molecule has 0 fully saturated rings. The number of hydrogen-bond acceptors (Lipinski definition) is 5. The summed E-state index contributed by atoms with van der Waals surface area (Å²) in [7, 11) is -3.96. The van der Waals surface area contributed by atoms with Gasteiger partial charge in [0.15, 0.2) is 11.4 Å². The van der Waals surface area contributed by atoms with Gasteiger partial charge in [-0.3, -0.25) is 4.57 Å². The number of fused-ring (bicyclic) bond motifs is 2. The first-order valence-electron chi connectivity index (χ1n) is 10.1. The Morgan fingerprint density at radius 2 is 1.85 bits per heavy atom. The Labute approximate surface area is 189 Å². The molecule has 4 aromatic rings. The average Bonchev–Trinajstić information content (AvgIpc) is 3.41. The molecule has 13 heteroatoms. The molecule has 0 radical (unpaired) electrons. The highest BCUT2D eigenvalue weighted by Gasteiger charge is 2.52. The van der Waals surface area contributed by atoms with Crippen LogP contribution in [-0.2, 0) is 22.5 Å². The van der Waals surface area contributed by atoms with Gasteiger partial charge in [-0.25, -0.2) is 31.3 Å². The summed E-state index contributed by atoms with van der Waals surface area (Å²) in [4.78, 5) is 13.0. The van der Waals surface area contributed by atoms with E-state index in [1.54, 1.807) is 0 Å². The van der Waals surface area contributed by atoms with Crippen molar-refractivity contribution in [3.05, 3.63) is 70.4 Å². The largest absolute Gasteiger partial charge is 0.354 e. The summed E-state index contributed by atoms with van der Waals surface area (Å²) in [6.45, 7) is 0.687. The van der Waals surface area contributed by atoms with Gasteiger partial charge in [-0.15, -0.1) is 0 Å². The molecule has 0 bridgehead atoms. The van der Waals surface area contributed by atoms with Crippen LogP contribution in [0, 0.1) is 11.6 Å². The van der Waals surface area contributed by atoms with Crippen molar-refractivity contribution >= 4 is 21.0 Å². The number of sulfonamides is 1. The molecule has 0 saturated heterocycles. The van der Waals surface area contributed by atoms with Gasteiger partial charge in [0.05, 0.1) is 23.2 Å². The van der Waals surface area contributed by atoms with Gasteiger partial charge in [0.1, 0.15) is 23.4 Å². The number of aromatic nitrogens is 3. The van der Waals surface area contributed by atoms with E-state index in [2.05, 4.69) is 5.16 Å². The van der Waals surface area contributed by atoms with E-state index < -0.39 is 62.9 Å². The van der Waals surface area contributed by atoms with Crippen LogP contribution >= 0.6 is 0 Å². The van der Waals surface area contributed by atoms with Gasteiger partial charge in [0, 0.05) is 11.8 Å². The lowest BCUT2D eigenvalue weighted by molar-refractivity contribution is -0.0248. The normalized spacial score (nSPS) is 17.4. The summed E-state index contributed by atoms with van der Waals surface area (Å²) in [5.74, 6) is -6.08. The van der Waals surface area contributed by atoms with Gasteiger partial charge in [0.25, 0.3) is 0 Å². The van der Waals surface area contributed by atoms with Gasteiger partial charge < -0.3 is 4.52 Å². The van der Waals surface area contributed by atoms with Gasteiger partial charge in [0.2, 0.25) is 10.0 Å². The minimum Gasteiger partial charge on any atom is -0.354 e. The summed E-state index contributed by atoms with van der Waals surface area (Å²) in [5, 5.41) is 3.84. The molecule has 0 aliphatic carbocycles. The molecule has 2 aromatic heterocycles. The summed E-state index contributed by atoms with van der Waals surface area (Å²) in [6, 6.07) is 5.78. The third-order valence-corrected chi connectivity index (χ3v) is 7.17. The van der Waals surface area contributed by atoms with Gasteiger partial charge in [-0.2, -0.15) is 8.78 Å². The van der Waals surface area contributed by atoms with Crippen LogP contribution in [-0.4, -0.2) is 34.5 Å². The maximum atomic E-state index is 15.0. The second kappa shape index (κ2) is 7.53. The molecule has 1 atom stereocenters. The molecular weight excluding hydrogens is 480 g/mol. The Morgan fingerprint density at radius 3 is 2.50 bits per heavy atom. The Morgan fingerprint density at radius 1 is 1.18 bits per heavy atom. The highest BCUT2D eigenvalue weighted by molar-refractivity contribution is 7.89. The van der Waals surface area contributed by atoms with Crippen LogP contribution in [0.25, 0.3) is 27.9 Å². The van der Waals surface area contributed by atoms with E-state index >= 15 is 8.78 Å². The van der Waals surface area contributed by atoms with Crippen LogP contribution < -0.4 is 10.4 Å². The zero-order chi connectivity index (χ0) is 24.4. The summed E-state index contributed by atoms with van der Waals surface area (Å²) < 4.78 is 91.3. The fourth-order valence-electron chi connectivity index (χ4n) is 4.07. The molecule has 1 N–H and O–H groups in total. The smallest absolute Gasteiger partial charge is 0.334 e. The van der Waals surface area contributed by atoms with E-state index in [4.69, 9.17) is 4.52 Å². The van der Waals surface area contributed by atoms with Gasteiger partial charge >= 0.3 is 11.6 Å². The van der Waals surface area contributed by atoms with E-state index in [9.17, 15) is 22.0 Å². The van der Waals surface area contributed by atoms with Crippen molar-refractivity contribution in [2.45, 2.75) is 25.4 Å². The van der Waals surface area contributed by atoms with Crippen LogP contribution in [0.3, 0.4) is 0 Å². The molecule has 34 heavy (non-hydrogen) atoms. The molecule has 1 unspecified atom stereocenters. The second-order valence-electron chi connectivity index (χ2n) is 7.76. The Bertz CT molecular complexity index is 1590. The molecule has 2 aromatic carbocycles. The maximum Gasteiger partial charge on any atom is 0.334 e. The number of alkyl halides is 2. The van der Waals surface area contributed by atoms with Crippen LogP contribution in [0.15, 0.2) is 51.9 Å². The first-order chi connectivity index (χ1) is 16.0. The molecule has 8 nitrogen and oxygen atoms in total. The zero-order valence-corrected chi connectivity index (χ0v) is 18.2. The quantitative estimate of drug-likeness (QED) is 0.428. The van der Waals surface area contributed by atoms with E-state index in [0.29, 0.717) is 0 Å². The topological polar surface area (TPSA) is 99.1 Å². The lowest BCUT2D eigenvalue weighted by Gasteiger charge is -2.19. The molecule has 1 aliphatic heterocycles. The molecule has 0 spiro atoms. The van der Waals surface area contributed by atoms with Crippen LogP contribution in [0.4, 0.5) is 17.6 Å². The van der Waals surface area contributed by atoms with Crippen molar-refractivity contribution in [3.8, 4) is 16.9 Å². The standard InChI is InChI=1S/C21H16F4N4O4S/c1-2-34(31,32)27-15-9-28-16(21(15,24)25)10-29(20(28)30)19-18-11(5-3-8-14(18)33-26-19)17-12(22)6-4-7-13(17)23/h3-8,10,15,27H,2,9H2,1H3. The average molecular weight is 496 g/mol. The monoisotopic (exact) mass is 496 g/mol. The van der Waals surface area contributed by atoms with Crippen molar-refractivity contribution in [1.29, 1.82) is 0 Å². The Balaban J connectivity index is 1.67. The minimum absolute atomic E-state index is 0.0166. The maximum absolute atomic E-state index is 15.0.